The van der Waals surface area contributed by atoms with E-state index in [4.69, 9.17) is 9.47 Å². The predicted molar refractivity (Wildman–Crippen MR) is 105 cm³/mol. The maximum Gasteiger partial charge on any atom is 0.255 e. The molecule has 0 bridgehead atoms. The van der Waals surface area contributed by atoms with Crippen LogP contribution < -0.4 is 10.1 Å². The monoisotopic (exact) mass is 395 g/mol. The van der Waals surface area contributed by atoms with Crippen molar-refractivity contribution < 1.29 is 18.7 Å². The van der Waals surface area contributed by atoms with Crippen LogP contribution in [0.15, 0.2) is 54.7 Å². The van der Waals surface area contributed by atoms with E-state index >= 15 is 0 Å². The van der Waals surface area contributed by atoms with Gasteiger partial charge in [-0.1, -0.05) is 30.3 Å². The Bertz CT molecular complexity index is 1000. The number of methoxy groups -OCH3 is 1. The first-order valence-corrected chi connectivity index (χ1v) is 9.47. The van der Waals surface area contributed by atoms with E-state index in [-0.39, 0.29) is 29.9 Å². The zero-order chi connectivity index (χ0) is 20.2. The number of carbonyl (C=O) groups excluding carboxylic acids is 1. The Labute approximate surface area is 168 Å². The Hall–Kier alpha value is -3.19. The van der Waals surface area contributed by atoms with Gasteiger partial charge in [0.25, 0.3) is 5.91 Å². The first-order valence-electron chi connectivity index (χ1n) is 9.47. The van der Waals surface area contributed by atoms with Gasteiger partial charge in [0.2, 0.25) is 0 Å². The van der Waals surface area contributed by atoms with Crippen molar-refractivity contribution >= 4 is 5.91 Å². The van der Waals surface area contributed by atoms with E-state index in [2.05, 4.69) is 22.5 Å². The number of ether oxygens (including phenoxy) is 2. The molecule has 6 nitrogen and oxygen atoms in total. The summed E-state index contributed by atoms with van der Waals surface area (Å²) in [5, 5.41) is 7.54. The molecule has 7 heteroatoms. The van der Waals surface area contributed by atoms with Crippen LogP contribution in [0.3, 0.4) is 0 Å². The first-order chi connectivity index (χ1) is 14.1. The smallest absolute Gasteiger partial charge is 0.255 e. The molecule has 1 N–H and O–H groups in total. The van der Waals surface area contributed by atoms with Crippen LogP contribution in [-0.2, 0) is 17.7 Å². The molecule has 4 rings (SSSR count). The van der Waals surface area contributed by atoms with E-state index in [0.29, 0.717) is 13.2 Å². The predicted octanol–water partition coefficient (Wildman–Crippen LogP) is 3.12. The van der Waals surface area contributed by atoms with E-state index < -0.39 is 5.82 Å². The van der Waals surface area contributed by atoms with Gasteiger partial charge in [0.05, 0.1) is 31.5 Å². The minimum absolute atomic E-state index is 0.194. The lowest BCUT2D eigenvalue weighted by Crippen LogP contribution is -2.32. The molecule has 29 heavy (non-hydrogen) atoms. The molecular weight excluding hydrogens is 373 g/mol. The van der Waals surface area contributed by atoms with Crippen molar-refractivity contribution in [3.63, 3.8) is 0 Å². The molecule has 2 aromatic carbocycles. The first kappa shape index (κ1) is 19.1. The molecule has 2 heterocycles. The average Bonchev–Trinajstić information content (AvgIpc) is 3.15. The third kappa shape index (κ3) is 4.30. The normalized spacial score (nSPS) is 15.6. The van der Waals surface area contributed by atoms with Crippen LogP contribution in [0.1, 0.15) is 33.3 Å². The highest BCUT2D eigenvalue weighted by Crippen LogP contribution is 2.26. The SMILES string of the molecule is COc1cc(F)ccc1C(=O)NC[C@@H]1OCCc2cn(Cc3ccccc3)nc21. The van der Waals surface area contributed by atoms with Crippen molar-refractivity contribution in [3.8, 4) is 5.75 Å². The third-order valence-corrected chi connectivity index (χ3v) is 4.91. The number of fused-ring (bicyclic) bond motifs is 1. The summed E-state index contributed by atoms with van der Waals surface area (Å²) in [6, 6.07) is 13.9. The van der Waals surface area contributed by atoms with Gasteiger partial charge in [0, 0.05) is 18.8 Å². The number of hydrogen-bond donors (Lipinski definition) is 1. The Balaban J connectivity index is 1.45. The van der Waals surface area contributed by atoms with Crippen molar-refractivity contribution in [2.24, 2.45) is 0 Å². The summed E-state index contributed by atoms with van der Waals surface area (Å²) in [5.74, 6) is -0.608. The highest BCUT2D eigenvalue weighted by Gasteiger charge is 2.26. The number of rotatable bonds is 6. The third-order valence-electron chi connectivity index (χ3n) is 4.91. The van der Waals surface area contributed by atoms with Gasteiger partial charge in [-0.2, -0.15) is 5.10 Å². The summed E-state index contributed by atoms with van der Waals surface area (Å²) in [7, 11) is 1.40. The molecule has 1 aliphatic heterocycles. The highest BCUT2D eigenvalue weighted by molar-refractivity contribution is 5.96. The summed E-state index contributed by atoms with van der Waals surface area (Å²) in [4.78, 5) is 12.5. The van der Waals surface area contributed by atoms with E-state index in [9.17, 15) is 9.18 Å². The van der Waals surface area contributed by atoms with Gasteiger partial charge < -0.3 is 14.8 Å². The summed E-state index contributed by atoms with van der Waals surface area (Å²) in [6.07, 6.45) is 2.51. The van der Waals surface area contributed by atoms with Gasteiger partial charge in [-0.25, -0.2) is 4.39 Å². The van der Waals surface area contributed by atoms with Crippen LogP contribution in [0.5, 0.6) is 5.75 Å². The quantitative estimate of drug-likeness (QED) is 0.697. The number of carbonyl (C=O) groups is 1. The number of nitrogens with zero attached hydrogens (tertiary/aromatic N) is 2. The standard InChI is InChI=1S/C22H22FN3O3/c1-28-19-11-17(23)7-8-18(19)22(27)24-12-20-21-16(9-10-29-20)14-26(25-21)13-15-5-3-2-4-6-15/h2-8,11,14,20H,9-10,12-13H2,1H3,(H,24,27)/t20-/m0/s1. The lowest BCUT2D eigenvalue weighted by atomic mass is 10.1. The lowest BCUT2D eigenvalue weighted by Gasteiger charge is -2.22. The van der Waals surface area contributed by atoms with Gasteiger partial charge in [-0.15, -0.1) is 0 Å². The van der Waals surface area contributed by atoms with Gasteiger partial charge in [-0.05, 0) is 29.7 Å². The second kappa shape index (κ2) is 8.45. The fraction of sp³-hybridized carbons (Fsp3) is 0.273. The molecule has 1 aromatic heterocycles. The van der Waals surface area contributed by atoms with Crippen molar-refractivity contribution in [2.75, 3.05) is 20.3 Å². The number of halogens is 1. The van der Waals surface area contributed by atoms with E-state index in [1.165, 1.54) is 30.9 Å². The van der Waals surface area contributed by atoms with E-state index in [0.717, 1.165) is 17.7 Å². The maximum absolute atomic E-state index is 13.4. The van der Waals surface area contributed by atoms with Crippen LogP contribution in [-0.4, -0.2) is 35.9 Å². The maximum atomic E-state index is 13.4. The molecule has 0 radical (unpaired) electrons. The van der Waals surface area contributed by atoms with Gasteiger partial charge in [0.15, 0.2) is 0 Å². The Morgan fingerprint density at radius 2 is 2.14 bits per heavy atom. The molecule has 0 fully saturated rings. The van der Waals surface area contributed by atoms with Crippen LogP contribution in [0, 0.1) is 5.82 Å². The van der Waals surface area contributed by atoms with Crippen LogP contribution in [0.4, 0.5) is 4.39 Å². The summed E-state index contributed by atoms with van der Waals surface area (Å²) in [6.45, 7) is 1.53. The van der Waals surface area contributed by atoms with Crippen molar-refractivity contribution in [3.05, 3.63) is 82.9 Å². The fourth-order valence-corrected chi connectivity index (χ4v) is 3.47. The number of nitrogens with one attached hydrogen (secondary N) is 1. The highest BCUT2D eigenvalue weighted by atomic mass is 19.1. The fourth-order valence-electron chi connectivity index (χ4n) is 3.47. The van der Waals surface area contributed by atoms with E-state index in [1.54, 1.807) is 0 Å². The second-order valence-electron chi connectivity index (χ2n) is 6.89. The zero-order valence-corrected chi connectivity index (χ0v) is 16.1. The molecule has 1 amide bonds. The molecule has 0 saturated heterocycles. The molecule has 0 saturated carbocycles. The summed E-state index contributed by atoms with van der Waals surface area (Å²) in [5.41, 5.74) is 3.42. The average molecular weight is 395 g/mol. The van der Waals surface area contributed by atoms with Crippen LogP contribution in [0.2, 0.25) is 0 Å². The minimum atomic E-state index is -0.456. The Morgan fingerprint density at radius 1 is 1.31 bits per heavy atom. The summed E-state index contributed by atoms with van der Waals surface area (Å²) >= 11 is 0. The molecule has 0 aliphatic carbocycles. The van der Waals surface area contributed by atoms with Crippen molar-refractivity contribution in [2.45, 2.75) is 19.1 Å². The van der Waals surface area contributed by atoms with Crippen LogP contribution in [0.25, 0.3) is 0 Å². The molecular formula is C22H22FN3O3. The molecule has 0 unspecified atom stereocenters. The Kier molecular flexibility index (Phi) is 5.57. The van der Waals surface area contributed by atoms with Crippen molar-refractivity contribution in [1.29, 1.82) is 0 Å². The van der Waals surface area contributed by atoms with Gasteiger partial charge >= 0.3 is 0 Å². The Morgan fingerprint density at radius 3 is 2.93 bits per heavy atom. The topological polar surface area (TPSA) is 65.4 Å². The number of hydrogen-bond acceptors (Lipinski definition) is 4. The van der Waals surface area contributed by atoms with Gasteiger partial charge in [-0.3, -0.25) is 9.48 Å². The molecule has 0 spiro atoms. The molecule has 150 valence electrons. The van der Waals surface area contributed by atoms with Gasteiger partial charge in [0.1, 0.15) is 17.7 Å². The minimum Gasteiger partial charge on any atom is -0.496 e. The number of benzene rings is 2. The lowest BCUT2D eigenvalue weighted by molar-refractivity contribution is 0.0383. The number of aromatic nitrogens is 2. The zero-order valence-electron chi connectivity index (χ0n) is 16.1. The molecule has 1 aliphatic rings. The second-order valence-corrected chi connectivity index (χ2v) is 6.89. The largest absolute Gasteiger partial charge is 0.496 e. The molecule has 3 aromatic rings. The van der Waals surface area contributed by atoms with Crippen LogP contribution >= 0.6 is 0 Å². The number of amides is 1. The van der Waals surface area contributed by atoms with Crippen molar-refractivity contribution in [1.82, 2.24) is 15.1 Å². The summed E-state index contributed by atoms with van der Waals surface area (Å²) < 4.78 is 26.2. The molecule has 1 atom stereocenters. The van der Waals surface area contributed by atoms with E-state index in [1.807, 2.05) is 29.1 Å².